The first kappa shape index (κ1) is 14.7. The van der Waals surface area contributed by atoms with E-state index >= 15 is 0 Å². The molecule has 5 nitrogen and oxygen atoms in total. The van der Waals surface area contributed by atoms with Crippen LogP contribution in [0.2, 0.25) is 0 Å². The molecular formula is C14H18N2O3S. The molecule has 1 aliphatic rings. The Kier molecular flexibility index (Phi) is 4.54. The van der Waals surface area contributed by atoms with Gasteiger partial charge in [0, 0.05) is 41.2 Å². The van der Waals surface area contributed by atoms with Crippen LogP contribution in [0.15, 0.2) is 6.07 Å². The third-order valence-corrected chi connectivity index (χ3v) is 4.26. The molecule has 0 aromatic carbocycles. The van der Waals surface area contributed by atoms with Gasteiger partial charge in [-0.3, -0.25) is 14.4 Å². The van der Waals surface area contributed by atoms with E-state index < -0.39 is 0 Å². The van der Waals surface area contributed by atoms with Crippen LogP contribution in [0.5, 0.6) is 0 Å². The number of aryl methyl sites for hydroxylation is 2. The van der Waals surface area contributed by atoms with Crippen LogP contribution in [0.4, 0.5) is 0 Å². The van der Waals surface area contributed by atoms with Gasteiger partial charge in [0.25, 0.3) is 0 Å². The molecule has 0 spiro atoms. The molecule has 0 saturated carbocycles. The molecule has 0 radical (unpaired) electrons. The van der Waals surface area contributed by atoms with E-state index in [2.05, 4.69) is 5.32 Å². The monoisotopic (exact) mass is 294 g/mol. The van der Waals surface area contributed by atoms with Crippen LogP contribution < -0.4 is 5.32 Å². The molecule has 1 N–H and O–H groups in total. The standard InChI is InChI=1S/C14H18N2O3S/c1-9-7-11(10(2)20-9)12(17)3-4-14(19)16-6-5-15-13(18)8-16/h7H,3-6,8H2,1-2H3,(H,15,18). The number of piperazine rings is 1. The molecule has 2 heterocycles. The number of ketones is 1. The van der Waals surface area contributed by atoms with E-state index in [9.17, 15) is 14.4 Å². The van der Waals surface area contributed by atoms with Crippen molar-refractivity contribution in [2.75, 3.05) is 19.6 Å². The molecule has 0 aliphatic carbocycles. The Balaban J connectivity index is 1.88. The van der Waals surface area contributed by atoms with Crippen molar-refractivity contribution in [1.82, 2.24) is 10.2 Å². The maximum atomic E-state index is 12.1. The number of Topliss-reactive ketones (excluding diaryl/α,β-unsaturated/α-hetero) is 1. The molecule has 1 aliphatic heterocycles. The van der Waals surface area contributed by atoms with Crippen LogP contribution in [0.3, 0.4) is 0 Å². The Morgan fingerprint density at radius 3 is 2.70 bits per heavy atom. The maximum absolute atomic E-state index is 12.1. The topological polar surface area (TPSA) is 66.5 Å². The lowest BCUT2D eigenvalue weighted by Gasteiger charge is -2.26. The van der Waals surface area contributed by atoms with Gasteiger partial charge in [0.05, 0.1) is 6.54 Å². The summed E-state index contributed by atoms with van der Waals surface area (Å²) in [7, 11) is 0. The molecule has 1 aromatic heterocycles. The average molecular weight is 294 g/mol. The van der Waals surface area contributed by atoms with E-state index in [-0.39, 0.29) is 37.0 Å². The highest BCUT2D eigenvalue weighted by Crippen LogP contribution is 2.22. The molecule has 1 aromatic rings. The SMILES string of the molecule is Cc1cc(C(=O)CCC(=O)N2CCNC(=O)C2)c(C)s1. The molecule has 2 amide bonds. The van der Waals surface area contributed by atoms with Gasteiger partial charge >= 0.3 is 0 Å². The number of nitrogens with one attached hydrogen (secondary N) is 1. The number of carbonyl (C=O) groups excluding carboxylic acids is 3. The van der Waals surface area contributed by atoms with Crippen LogP contribution in [0.1, 0.15) is 33.0 Å². The van der Waals surface area contributed by atoms with Crippen molar-refractivity contribution in [3.05, 3.63) is 21.4 Å². The van der Waals surface area contributed by atoms with Crippen molar-refractivity contribution in [2.24, 2.45) is 0 Å². The number of hydrogen-bond acceptors (Lipinski definition) is 4. The van der Waals surface area contributed by atoms with Crippen LogP contribution >= 0.6 is 11.3 Å². The smallest absolute Gasteiger partial charge is 0.239 e. The summed E-state index contributed by atoms with van der Waals surface area (Å²) in [5.41, 5.74) is 0.719. The molecule has 2 rings (SSSR count). The molecule has 0 bridgehead atoms. The Hall–Kier alpha value is -1.69. The van der Waals surface area contributed by atoms with Crippen molar-refractivity contribution in [3.8, 4) is 0 Å². The number of carbonyl (C=O) groups is 3. The van der Waals surface area contributed by atoms with Crippen molar-refractivity contribution in [1.29, 1.82) is 0 Å². The Morgan fingerprint density at radius 2 is 2.10 bits per heavy atom. The molecule has 0 atom stereocenters. The lowest BCUT2D eigenvalue weighted by Crippen LogP contribution is -2.50. The van der Waals surface area contributed by atoms with E-state index in [4.69, 9.17) is 0 Å². The predicted octanol–water partition coefficient (Wildman–Crippen LogP) is 1.29. The fourth-order valence-electron chi connectivity index (χ4n) is 2.27. The summed E-state index contributed by atoms with van der Waals surface area (Å²) in [6, 6.07) is 1.88. The van der Waals surface area contributed by atoms with Crippen molar-refractivity contribution in [3.63, 3.8) is 0 Å². The maximum Gasteiger partial charge on any atom is 0.239 e. The molecular weight excluding hydrogens is 276 g/mol. The highest BCUT2D eigenvalue weighted by atomic mass is 32.1. The zero-order valence-corrected chi connectivity index (χ0v) is 12.5. The zero-order chi connectivity index (χ0) is 14.7. The van der Waals surface area contributed by atoms with Gasteiger partial charge in [-0.05, 0) is 19.9 Å². The number of hydrogen-bond donors (Lipinski definition) is 1. The molecule has 6 heteroatoms. The summed E-state index contributed by atoms with van der Waals surface area (Å²) in [4.78, 5) is 38.9. The van der Waals surface area contributed by atoms with Crippen LogP contribution in [-0.2, 0) is 9.59 Å². The van der Waals surface area contributed by atoms with E-state index in [1.807, 2.05) is 19.9 Å². The van der Waals surface area contributed by atoms with E-state index in [1.54, 1.807) is 11.3 Å². The van der Waals surface area contributed by atoms with Gasteiger partial charge in [-0.2, -0.15) is 0 Å². The van der Waals surface area contributed by atoms with Gasteiger partial charge in [-0.15, -0.1) is 11.3 Å². The summed E-state index contributed by atoms with van der Waals surface area (Å²) in [6.45, 7) is 4.99. The van der Waals surface area contributed by atoms with Crippen molar-refractivity contribution >= 4 is 28.9 Å². The Labute approximate surface area is 122 Å². The minimum Gasteiger partial charge on any atom is -0.353 e. The fraction of sp³-hybridized carbons (Fsp3) is 0.500. The summed E-state index contributed by atoms with van der Waals surface area (Å²) >= 11 is 1.59. The van der Waals surface area contributed by atoms with Gasteiger partial charge in [0.1, 0.15) is 0 Å². The first-order valence-corrected chi connectivity index (χ1v) is 7.43. The third-order valence-electron chi connectivity index (χ3n) is 3.30. The van der Waals surface area contributed by atoms with Crippen molar-refractivity contribution in [2.45, 2.75) is 26.7 Å². The highest BCUT2D eigenvalue weighted by molar-refractivity contribution is 7.12. The second-order valence-corrected chi connectivity index (χ2v) is 6.38. The summed E-state index contributed by atoms with van der Waals surface area (Å²) in [6.07, 6.45) is 0.369. The predicted molar refractivity (Wildman–Crippen MR) is 76.9 cm³/mol. The molecule has 20 heavy (non-hydrogen) atoms. The summed E-state index contributed by atoms with van der Waals surface area (Å²) in [5, 5.41) is 2.67. The molecule has 108 valence electrons. The van der Waals surface area contributed by atoms with Crippen LogP contribution in [0.25, 0.3) is 0 Å². The van der Waals surface area contributed by atoms with E-state index in [0.29, 0.717) is 13.1 Å². The van der Waals surface area contributed by atoms with Crippen LogP contribution in [0, 0.1) is 13.8 Å². The lowest BCUT2D eigenvalue weighted by atomic mass is 10.1. The van der Waals surface area contributed by atoms with Gasteiger partial charge in [-0.1, -0.05) is 0 Å². The Morgan fingerprint density at radius 1 is 1.35 bits per heavy atom. The Bertz CT molecular complexity index is 551. The normalized spacial score (nSPS) is 15.1. The van der Waals surface area contributed by atoms with Gasteiger partial charge in [0.2, 0.25) is 11.8 Å². The van der Waals surface area contributed by atoms with E-state index in [0.717, 1.165) is 15.3 Å². The number of thiophene rings is 1. The first-order valence-electron chi connectivity index (χ1n) is 6.62. The zero-order valence-electron chi connectivity index (χ0n) is 11.7. The lowest BCUT2D eigenvalue weighted by molar-refractivity contribution is -0.138. The average Bonchev–Trinajstić information content (AvgIpc) is 2.74. The second-order valence-electron chi connectivity index (χ2n) is 4.92. The summed E-state index contributed by atoms with van der Waals surface area (Å²) < 4.78 is 0. The van der Waals surface area contributed by atoms with Gasteiger partial charge in [0.15, 0.2) is 5.78 Å². The molecule has 0 unspecified atom stereocenters. The number of amides is 2. The minimum atomic E-state index is -0.139. The van der Waals surface area contributed by atoms with Crippen molar-refractivity contribution < 1.29 is 14.4 Å². The molecule has 1 fully saturated rings. The molecule has 1 saturated heterocycles. The summed E-state index contributed by atoms with van der Waals surface area (Å²) in [5.74, 6) is -0.264. The highest BCUT2D eigenvalue weighted by Gasteiger charge is 2.22. The van der Waals surface area contributed by atoms with Gasteiger partial charge in [-0.25, -0.2) is 0 Å². The number of rotatable bonds is 4. The fourth-order valence-corrected chi connectivity index (χ4v) is 3.21. The van der Waals surface area contributed by atoms with E-state index in [1.165, 1.54) is 4.90 Å². The second kappa shape index (κ2) is 6.17. The minimum absolute atomic E-state index is 0.00154. The van der Waals surface area contributed by atoms with Gasteiger partial charge < -0.3 is 10.2 Å². The first-order chi connectivity index (χ1) is 9.47. The third kappa shape index (κ3) is 3.45. The van der Waals surface area contributed by atoms with Crippen LogP contribution in [-0.4, -0.2) is 42.1 Å². The largest absolute Gasteiger partial charge is 0.353 e. The number of nitrogens with zero attached hydrogens (tertiary/aromatic N) is 1. The quantitative estimate of drug-likeness (QED) is 0.851.